The van der Waals surface area contributed by atoms with Crippen LogP contribution in [0.15, 0.2) is 48.5 Å². The van der Waals surface area contributed by atoms with E-state index >= 15 is 0 Å². The molecule has 0 aliphatic carbocycles. The van der Waals surface area contributed by atoms with Crippen molar-refractivity contribution in [3.05, 3.63) is 59.7 Å². The molecule has 0 saturated carbocycles. The van der Waals surface area contributed by atoms with Gasteiger partial charge >= 0.3 is 6.09 Å². The van der Waals surface area contributed by atoms with Gasteiger partial charge in [0.1, 0.15) is 6.61 Å². The van der Waals surface area contributed by atoms with Crippen molar-refractivity contribution in [3.8, 4) is 11.5 Å². The van der Waals surface area contributed by atoms with Gasteiger partial charge in [0, 0.05) is 57.3 Å². The zero-order valence-corrected chi connectivity index (χ0v) is 22.2. The van der Waals surface area contributed by atoms with E-state index in [1.54, 1.807) is 32.4 Å². The lowest BCUT2D eigenvalue weighted by atomic mass is 10.0. The second-order valence-corrected chi connectivity index (χ2v) is 9.34. The lowest BCUT2D eigenvalue weighted by Crippen LogP contribution is -2.47. The highest BCUT2D eigenvalue weighted by atomic mass is 16.5. The van der Waals surface area contributed by atoms with Crippen LogP contribution in [0.3, 0.4) is 0 Å². The molecule has 0 spiro atoms. The van der Waals surface area contributed by atoms with E-state index in [1.165, 1.54) is 0 Å². The number of methoxy groups -OCH3 is 2. The third-order valence-electron chi connectivity index (χ3n) is 6.33. The summed E-state index contributed by atoms with van der Waals surface area (Å²) in [5.74, 6) is 1.04. The molecule has 9 nitrogen and oxygen atoms in total. The molecule has 2 aromatic rings. The van der Waals surface area contributed by atoms with Gasteiger partial charge < -0.3 is 34.5 Å². The summed E-state index contributed by atoms with van der Waals surface area (Å²) in [6.45, 7) is 7.03. The van der Waals surface area contributed by atoms with Gasteiger partial charge in [0.2, 0.25) is 0 Å². The average molecular weight is 514 g/mol. The summed E-state index contributed by atoms with van der Waals surface area (Å²) in [6, 6.07) is 14.6. The normalized spacial score (nSPS) is 16.9. The van der Waals surface area contributed by atoms with E-state index in [2.05, 4.69) is 10.6 Å². The Morgan fingerprint density at radius 2 is 1.84 bits per heavy atom. The molecular formula is C28H39N3O6. The predicted octanol–water partition coefficient (Wildman–Crippen LogP) is 3.48. The van der Waals surface area contributed by atoms with Crippen molar-refractivity contribution in [1.29, 1.82) is 0 Å². The molecule has 3 rings (SSSR count). The van der Waals surface area contributed by atoms with E-state index in [0.29, 0.717) is 49.9 Å². The van der Waals surface area contributed by atoms with Gasteiger partial charge in [-0.2, -0.15) is 0 Å². The molecule has 1 aliphatic rings. The van der Waals surface area contributed by atoms with Gasteiger partial charge in [-0.1, -0.05) is 30.3 Å². The number of amides is 2. The van der Waals surface area contributed by atoms with Gasteiger partial charge in [0.05, 0.1) is 19.8 Å². The van der Waals surface area contributed by atoms with Crippen molar-refractivity contribution in [2.75, 3.05) is 47.1 Å². The number of ether oxygens (including phenoxy) is 4. The highest BCUT2D eigenvalue weighted by Gasteiger charge is 2.33. The second kappa shape index (κ2) is 14.4. The summed E-state index contributed by atoms with van der Waals surface area (Å²) in [7, 11) is 3.22. The van der Waals surface area contributed by atoms with Crippen LogP contribution in [0.5, 0.6) is 11.5 Å². The maximum Gasteiger partial charge on any atom is 0.407 e. The third kappa shape index (κ3) is 8.36. The molecule has 1 aliphatic heterocycles. The Labute approximate surface area is 219 Å². The van der Waals surface area contributed by atoms with Crippen molar-refractivity contribution in [2.45, 2.75) is 39.0 Å². The number of rotatable bonds is 13. The summed E-state index contributed by atoms with van der Waals surface area (Å²) in [6.07, 6.45) is 0.266. The number of nitrogens with zero attached hydrogens (tertiary/aromatic N) is 1. The number of nitrogens with one attached hydrogen (secondary N) is 2. The first-order chi connectivity index (χ1) is 17.9. The molecule has 0 radical (unpaired) electrons. The van der Waals surface area contributed by atoms with Crippen LogP contribution in [-0.2, 0) is 16.1 Å². The van der Waals surface area contributed by atoms with E-state index < -0.39 is 6.09 Å². The smallest absolute Gasteiger partial charge is 0.407 e. The lowest BCUT2D eigenvalue weighted by molar-refractivity contribution is 0.0666. The summed E-state index contributed by atoms with van der Waals surface area (Å²) in [5, 5.41) is 6.30. The van der Waals surface area contributed by atoms with Gasteiger partial charge in [-0.15, -0.1) is 0 Å². The maximum atomic E-state index is 13.6. The first kappa shape index (κ1) is 28.3. The van der Waals surface area contributed by atoms with Crippen LogP contribution in [0.2, 0.25) is 0 Å². The molecule has 2 unspecified atom stereocenters. The SMILES string of the molecule is COCCCOc1cc(C(=O)N(CC2CNCC2NC(=O)OCc2ccccc2)C(C)C)ccc1OC. The van der Waals surface area contributed by atoms with Crippen molar-refractivity contribution < 1.29 is 28.5 Å². The minimum absolute atomic E-state index is 0.0352. The summed E-state index contributed by atoms with van der Waals surface area (Å²) >= 11 is 0. The van der Waals surface area contributed by atoms with Gasteiger partial charge in [0.25, 0.3) is 5.91 Å². The van der Waals surface area contributed by atoms with Crippen LogP contribution in [0.4, 0.5) is 4.79 Å². The van der Waals surface area contributed by atoms with Crippen LogP contribution in [-0.4, -0.2) is 76.1 Å². The van der Waals surface area contributed by atoms with Crippen LogP contribution in [0.1, 0.15) is 36.2 Å². The Kier molecular flexibility index (Phi) is 11.0. The number of alkyl carbamates (subject to hydrolysis) is 1. The Morgan fingerprint density at radius 1 is 1.05 bits per heavy atom. The minimum atomic E-state index is -0.463. The Morgan fingerprint density at radius 3 is 2.54 bits per heavy atom. The average Bonchev–Trinajstić information content (AvgIpc) is 3.34. The zero-order chi connectivity index (χ0) is 26.6. The molecule has 2 amide bonds. The molecule has 1 saturated heterocycles. The van der Waals surface area contributed by atoms with Crippen molar-refractivity contribution in [1.82, 2.24) is 15.5 Å². The first-order valence-corrected chi connectivity index (χ1v) is 12.7. The number of hydrogen-bond donors (Lipinski definition) is 2. The largest absolute Gasteiger partial charge is 0.493 e. The third-order valence-corrected chi connectivity index (χ3v) is 6.33. The van der Waals surface area contributed by atoms with Crippen LogP contribution in [0, 0.1) is 5.92 Å². The second-order valence-electron chi connectivity index (χ2n) is 9.34. The quantitative estimate of drug-likeness (QED) is 0.396. The molecular weight excluding hydrogens is 474 g/mol. The molecule has 0 bridgehead atoms. The van der Waals surface area contributed by atoms with E-state index in [9.17, 15) is 9.59 Å². The Hall–Kier alpha value is -3.30. The van der Waals surface area contributed by atoms with Crippen molar-refractivity contribution in [2.24, 2.45) is 5.92 Å². The summed E-state index contributed by atoms with van der Waals surface area (Å²) < 4.78 is 21.7. The standard InChI is InChI=1S/C28H39N3O6/c1-20(2)31(27(32)22-11-12-25(35-4)26(15-22)36-14-8-13-34-3)18-23-16-29-17-24(23)30-28(33)37-19-21-9-6-5-7-10-21/h5-7,9-12,15,20,23-24,29H,8,13-14,16-19H2,1-4H3,(H,30,33). The van der Waals surface area contributed by atoms with E-state index in [1.807, 2.05) is 49.1 Å². The van der Waals surface area contributed by atoms with Crippen molar-refractivity contribution in [3.63, 3.8) is 0 Å². The molecule has 1 heterocycles. The van der Waals surface area contributed by atoms with E-state index in [-0.39, 0.29) is 30.5 Å². The molecule has 202 valence electrons. The summed E-state index contributed by atoms with van der Waals surface area (Å²) in [5.41, 5.74) is 1.45. The van der Waals surface area contributed by atoms with Gasteiger partial charge in [-0.05, 0) is 37.6 Å². The fourth-order valence-corrected chi connectivity index (χ4v) is 4.26. The molecule has 2 atom stereocenters. The van der Waals surface area contributed by atoms with E-state index in [4.69, 9.17) is 18.9 Å². The van der Waals surface area contributed by atoms with Gasteiger partial charge in [-0.25, -0.2) is 4.79 Å². The Bertz CT molecular complexity index is 1000. The Balaban J connectivity index is 1.63. The summed E-state index contributed by atoms with van der Waals surface area (Å²) in [4.78, 5) is 27.8. The van der Waals surface area contributed by atoms with Gasteiger partial charge in [0.15, 0.2) is 11.5 Å². The van der Waals surface area contributed by atoms with Crippen LogP contribution < -0.4 is 20.1 Å². The maximum absolute atomic E-state index is 13.6. The fraction of sp³-hybridized carbons (Fsp3) is 0.500. The van der Waals surface area contributed by atoms with Crippen LogP contribution in [0.25, 0.3) is 0 Å². The van der Waals surface area contributed by atoms with Gasteiger partial charge in [-0.3, -0.25) is 4.79 Å². The highest BCUT2D eigenvalue weighted by Crippen LogP contribution is 2.29. The van der Waals surface area contributed by atoms with E-state index in [0.717, 1.165) is 12.0 Å². The van der Waals surface area contributed by atoms with Crippen molar-refractivity contribution >= 4 is 12.0 Å². The number of hydrogen-bond acceptors (Lipinski definition) is 7. The topological polar surface area (TPSA) is 98.4 Å². The molecule has 2 N–H and O–H groups in total. The fourth-order valence-electron chi connectivity index (χ4n) is 4.26. The number of carbonyl (C=O) groups excluding carboxylic acids is 2. The molecule has 1 fully saturated rings. The molecule has 9 heteroatoms. The number of carbonyl (C=O) groups is 2. The molecule has 37 heavy (non-hydrogen) atoms. The first-order valence-electron chi connectivity index (χ1n) is 12.7. The molecule has 2 aromatic carbocycles. The lowest BCUT2D eigenvalue weighted by Gasteiger charge is -2.31. The number of benzene rings is 2. The zero-order valence-electron chi connectivity index (χ0n) is 22.2. The monoisotopic (exact) mass is 513 g/mol. The predicted molar refractivity (Wildman–Crippen MR) is 141 cm³/mol. The van der Waals surface area contributed by atoms with Crippen LogP contribution >= 0.6 is 0 Å². The molecule has 0 aromatic heterocycles. The minimum Gasteiger partial charge on any atom is -0.493 e. The highest BCUT2D eigenvalue weighted by molar-refractivity contribution is 5.95.